The Morgan fingerprint density at radius 3 is 2.63 bits per heavy atom. The lowest BCUT2D eigenvalue weighted by Crippen LogP contribution is -2.42. The number of ether oxygens (including phenoxy) is 1. The zero-order valence-corrected chi connectivity index (χ0v) is 12.0. The molecular formula is C12H18N2O4S. The molecule has 106 valence electrons. The maximum Gasteiger partial charge on any atom is 0.323 e. The quantitative estimate of drug-likeness (QED) is 0.787. The number of nitrogens with one attached hydrogen (secondary N) is 1. The van der Waals surface area contributed by atoms with Gasteiger partial charge in [-0.1, -0.05) is 13.8 Å². The second-order valence-electron chi connectivity index (χ2n) is 4.52. The summed E-state index contributed by atoms with van der Waals surface area (Å²) in [6, 6.07) is 2.04. The fraction of sp³-hybridized carbons (Fsp3) is 0.500. The Balaban J connectivity index is 2.92. The molecule has 1 N–H and O–H groups in total. The fourth-order valence-corrected chi connectivity index (χ4v) is 2.73. The molecule has 1 unspecified atom stereocenters. The maximum atomic E-state index is 12.1. The molecule has 1 aromatic heterocycles. The lowest BCUT2D eigenvalue weighted by molar-refractivity contribution is -0.143. The number of hydrogen-bond acceptors (Lipinski definition) is 5. The second-order valence-corrected chi connectivity index (χ2v) is 6.23. The van der Waals surface area contributed by atoms with Crippen molar-refractivity contribution in [2.24, 2.45) is 5.92 Å². The van der Waals surface area contributed by atoms with E-state index in [2.05, 4.69) is 14.4 Å². The summed E-state index contributed by atoms with van der Waals surface area (Å²) in [6.07, 6.45) is 3.07. The SMILES string of the molecule is COC(=O)C(CC(C)C)NS(=O)(=O)c1cccnc1. The predicted octanol–water partition coefficient (Wildman–Crippen LogP) is 0.948. The highest BCUT2D eigenvalue weighted by atomic mass is 32.2. The molecule has 0 aliphatic rings. The van der Waals surface area contributed by atoms with Crippen molar-refractivity contribution < 1.29 is 17.9 Å². The molecule has 0 aromatic carbocycles. The van der Waals surface area contributed by atoms with E-state index in [4.69, 9.17) is 0 Å². The van der Waals surface area contributed by atoms with Crippen LogP contribution >= 0.6 is 0 Å². The predicted molar refractivity (Wildman–Crippen MR) is 69.8 cm³/mol. The van der Waals surface area contributed by atoms with Gasteiger partial charge in [-0.3, -0.25) is 9.78 Å². The Hall–Kier alpha value is -1.47. The van der Waals surface area contributed by atoms with E-state index in [1.54, 1.807) is 0 Å². The van der Waals surface area contributed by atoms with E-state index >= 15 is 0 Å². The van der Waals surface area contributed by atoms with E-state index in [0.717, 1.165) is 0 Å². The van der Waals surface area contributed by atoms with Crippen LogP contribution in [0.1, 0.15) is 20.3 Å². The lowest BCUT2D eigenvalue weighted by Gasteiger charge is -2.18. The second kappa shape index (κ2) is 6.63. The minimum atomic E-state index is -3.77. The Morgan fingerprint density at radius 2 is 2.16 bits per heavy atom. The number of sulfonamides is 1. The summed E-state index contributed by atoms with van der Waals surface area (Å²) >= 11 is 0. The van der Waals surface area contributed by atoms with E-state index in [-0.39, 0.29) is 10.8 Å². The van der Waals surface area contributed by atoms with Crippen molar-refractivity contribution in [1.82, 2.24) is 9.71 Å². The van der Waals surface area contributed by atoms with Gasteiger partial charge in [0.2, 0.25) is 10.0 Å². The molecule has 0 radical (unpaired) electrons. The minimum absolute atomic E-state index is 0.0210. The molecule has 1 heterocycles. The van der Waals surface area contributed by atoms with Gasteiger partial charge in [0, 0.05) is 12.4 Å². The van der Waals surface area contributed by atoms with Crippen LogP contribution in [0.5, 0.6) is 0 Å². The number of carbonyl (C=O) groups excluding carboxylic acids is 1. The number of aromatic nitrogens is 1. The molecule has 0 spiro atoms. The Morgan fingerprint density at radius 1 is 1.47 bits per heavy atom. The topological polar surface area (TPSA) is 85.4 Å². The van der Waals surface area contributed by atoms with Crippen LogP contribution in [0.4, 0.5) is 0 Å². The van der Waals surface area contributed by atoms with Crippen molar-refractivity contribution in [2.75, 3.05) is 7.11 Å². The summed E-state index contributed by atoms with van der Waals surface area (Å²) in [5.41, 5.74) is 0. The molecule has 0 amide bonds. The number of carbonyl (C=O) groups is 1. The number of rotatable bonds is 6. The Kier molecular flexibility index (Phi) is 5.44. The normalized spacial score (nSPS) is 13.3. The molecule has 0 fully saturated rings. The summed E-state index contributed by atoms with van der Waals surface area (Å²) < 4.78 is 31.1. The lowest BCUT2D eigenvalue weighted by atomic mass is 10.1. The zero-order chi connectivity index (χ0) is 14.5. The molecule has 0 aliphatic carbocycles. The number of methoxy groups -OCH3 is 1. The molecule has 6 nitrogen and oxygen atoms in total. The molecular weight excluding hydrogens is 268 g/mol. The monoisotopic (exact) mass is 286 g/mol. The van der Waals surface area contributed by atoms with Crippen LogP contribution < -0.4 is 4.72 Å². The summed E-state index contributed by atoms with van der Waals surface area (Å²) in [5.74, 6) is -0.443. The van der Waals surface area contributed by atoms with E-state index in [1.165, 1.54) is 31.6 Å². The van der Waals surface area contributed by atoms with E-state index in [9.17, 15) is 13.2 Å². The average Bonchev–Trinajstić information content (AvgIpc) is 2.37. The van der Waals surface area contributed by atoms with Crippen molar-refractivity contribution in [3.8, 4) is 0 Å². The van der Waals surface area contributed by atoms with Crippen molar-refractivity contribution in [3.63, 3.8) is 0 Å². The van der Waals surface area contributed by atoms with Gasteiger partial charge in [0.1, 0.15) is 10.9 Å². The van der Waals surface area contributed by atoms with Gasteiger partial charge in [-0.05, 0) is 24.5 Å². The first-order valence-corrected chi connectivity index (χ1v) is 7.35. The van der Waals surface area contributed by atoms with Gasteiger partial charge in [-0.25, -0.2) is 8.42 Å². The van der Waals surface area contributed by atoms with Crippen LogP contribution in [0, 0.1) is 5.92 Å². The van der Waals surface area contributed by atoms with E-state index < -0.39 is 22.0 Å². The molecule has 19 heavy (non-hydrogen) atoms. The van der Waals surface area contributed by atoms with Crippen molar-refractivity contribution in [3.05, 3.63) is 24.5 Å². The van der Waals surface area contributed by atoms with Crippen molar-refractivity contribution >= 4 is 16.0 Å². The summed E-state index contributed by atoms with van der Waals surface area (Å²) in [5, 5.41) is 0. The molecule has 0 aliphatic heterocycles. The Bertz CT molecular complexity index is 514. The summed E-state index contributed by atoms with van der Waals surface area (Å²) in [4.78, 5) is 15.4. The fourth-order valence-electron chi connectivity index (χ4n) is 1.57. The third-order valence-corrected chi connectivity index (χ3v) is 3.89. The highest BCUT2D eigenvalue weighted by Gasteiger charge is 2.27. The first kappa shape index (κ1) is 15.6. The Labute approximate surface area is 113 Å². The largest absolute Gasteiger partial charge is 0.468 e. The number of nitrogens with zero attached hydrogens (tertiary/aromatic N) is 1. The zero-order valence-electron chi connectivity index (χ0n) is 11.2. The van der Waals surface area contributed by atoms with Crippen LogP contribution in [0.2, 0.25) is 0 Å². The van der Waals surface area contributed by atoms with Crippen LogP contribution in [0.15, 0.2) is 29.4 Å². The number of hydrogen-bond donors (Lipinski definition) is 1. The van der Waals surface area contributed by atoms with Crippen molar-refractivity contribution in [2.45, 2.75) is 31.2 Å². The van der Waals surface area contributed by atoms with Crippen LogP contribution in [0.3, 0.4) is 0 Å². The molecule has 1 aromatic rings. The molecule has 0 saturated carbocycles. The average molecular weight is 286 g/mol. The van der Waals surface area contributed by atoms with Gasteiger partial charge in [0.05, 0.1) is 7.11 Å². The third kappa shape index (κ3) is 4.60. The highest BCUT2D eigenvalue weighted by Crippen LogP contribution is 2.11. The smallest absolute Gasteiger partial charge is 0.323 e. The van der Waals surface area contributed by atoms with Gasteiger partial charge in [0.15, 0.2) is 0 Å². The first-order chi connectivity index (χ1) is 8.86. The maximum absolute atomic E-state index is 12.1. The van der Waals surface area contributed by atoms with Crippen molar-refractivity contribution in [1.29, 1.82) is 0 Å². The van der Waals surface area contributed by atoms with E-state index in [0.29, 0.717) is 6.42 Å². The standard InChI is InChI=1S/C12H18N2O4S/c1-9(2)7-11(12(15)18-3)14-19(16,17)10-5-4-6-13-8-10/h4-6,8-9,11,14H,7H2,1-3H3. The van der Waals surface area contributed by atoms with Crippen LogP contribution in [0.25, 0.3) is 0 Å². The molecule has 0 saturated heterocycles. The van der Waals surface area contributed by atoms with Gasteiger partial charge in [0.25, 0.3) is 0 Å². The first-order valence-electron chi connectivity index (χ1n) is 5.87. The third-order valence-electron chi connectivity index (χ3n) is 2.43. The molecule has 7 heteroatoms. The molecule has 1 rings (SSSR count). The summed E-state index contributed by atoms with van der Waals surface area (Å²) in [7, 11) is -2.54. The summed E-state index contributed by atoms with van der Waals surface area (Å²) in [6.45, 7) is 3.79. The minimum Gasteiger partial charge on any atom is -0.468 e. The number of pyridine rings is 1. The van der Waals surface area contributed by atoms with Crippen LogP contribution in [-0.4, -0.2) is 32.5 Å². The van der Waals surface area contributed by atoms with Gasteiger partial charge < -0.3 is 4.74 Å². The molecule has 0 bridgehead atoms. The number of esters is 1. The molecule has 1 atom stereocenters. The highest BCUT2D eigenvalue weighted by molar-refractivity contribution is 7.89. The van der Waals surface area contributed by atoms with Gasteiger partial charge in [-0.2, -0.15) is 4.72 Å². The van der Waals surface area contributed by atoms with E-state index in [1.807, 2.05) is 13.8 Å². The van der Waals surface area contributed by atoms with Gasteiger partial charge >= 0.3 is 5.97 Å². The van der Waals surface area contributed by atoms with Crippen LogP contribution in [-0.2, 0) is 19.6 Å². The van der Waals surface area contributed by atoms with Gasteiger partial charge in [-0.15, -0.1) is 0 Å².